The Morgan fingerprint density at radius 1 is 1.29 bits per heavy atom. The zero-order valence-electron chi connectivity index (χ0n) is 12.6. The van der Waals surface area contributed by atoms with Crippen molar-refractivity contribution in [3.8, 4) is 0 Å². The van der Waals surface area contributed by atoms with Gasteiger partial charge >= 0.3 is 5.97 Å². The van der Waals surface area contributed by atoms with E-state index < -0.39 is 0 Å². The van der Waals surface area contributed by atoms with Crippen molar-refractivity contribution in [2.24, 2.45) is 0 Å². The normalized spacial score (nSPS) is 10.3. The van der Waals surface area contributed by atoms with E-state index in [1.54, 1.807) is 31.4 Å². The molecule has 1 rings (SSSR count). The summed E-state index contributed by atoms with van der Waals surface area (Å²) in [4.78, 5) is 11.7. The van der Waals surface area contributed by atoms with Crippen molar-refractivity contribution in [1.29, 1.82) is 0 Å². The molecule has 2 N–H and O–H groups in total. The van der Waals surface area contributed by atoms with Crippen molar-refractivity contribution in [1.82, 2.24) is 5.32 Å². The first-order valence-corrected chi connectivity index (χ1v) is 7.28. The molecule has 0 atom stereocenters. The van der Waals surface area contributed by atoms with Crippen molar-refractivity contribution in [2.45, 2.75) is 26.4 Å². The monoisotopic (exact) mass is 310 g/mol. The van der Waals surface area contributed by atoms with Crippen LogP contribution in [0, 0.1) is 0 Å². The van der Waals surface area contributed by atoms with Gasteiger partial charge in [-0.25, -0.2) is 4.79 Å². The smallest absolute Gasteiger partial charge is 0.338 e. The fourth-order valence-electron chi connectivity index (χ4n) is 1.57. The number of methoxy groups -OCH3 is 1. The second-order valence-electron chi connectivity index (χ2n) is 4.76. The highest BCUT2D eigenvalue weighted by atomic mass is 32.1. The van der Waals surface area contributed by atoms with Crippen molar-refractivity contribution < 1.29 is 14.3 Å². The standard InChI is InChI=1S/C15H22N2O3S/c1-11(2)20-14(18)12-5-7-13(8-6-12)17-15(21)16-9-4-10-19-3/h5-8,11H,4,9-10H2,1-3H3,(H2,16,17,21). The minimum Gasteiger partial charge on any atom is -0.459 e. The van der Waals surface area contributed by atoms with Gasteiger partial charge in [-0.1, -0.05) is 0 Å². The zero-order valence-corrected chi connectivity index (χ0v) is 13.5. The second kappa shape index (κ2) is 9.31. The van der Waals surface area contributed by atoms with Gasteiger partial charge in [0.1, 0.15) is 0 Å². The average molecular weight is 310 g/mol. The lowest BCUT2D eigenvalue weighted by Crippen LogP contribution is -2.29. The number of hydrogen-bond acceptors (Lipinski definition) is 4. The van der Waals surface area contributed by atoms with Crippen LogP contribution in [-0.4, -0.2) is 37.4 Å². The number of nitrogens with one attached hydrogen (secondary N) is 2. The molecule has 0 saturated carbocycles. The molecule has 0 saturated heterocycles. The molecule has 6 heteroatoms. The molecule has 5 nitrogen and oxygen atoms in total. The number of esters is 1. The lowest BCUT2D eigenvalue weighted by Gasteiger charge is -2.11. The van der Waals surface area contributed by atoms with E-state index in [0.29, 0.717) is 17.3 Å². The van der Waals surface area contributed by atoms with Crippen molar-refractivity contribution in [3.63, 3.8) is 0 Å². The Bertz CT molecular complexity index is 460. The van der Waals surface area contributed by atoms with Gasteiger partial charge in [0.15, 0.2) is 5.11 Å². The Morgan fingerprint density at radius 2 is 1.95 bits per heavy atom. The average Bonchev–Trinajstić information content (AvgIpc) is 2.43. The summed E-state index contributed by atoms with van der Waals surface area (Å²) in [7, 11) is 1.67. The van der Waals surface area contributed by atoms with Gasteiger partial charge in [-0.05, 0) is 56.8 Å². The van der Waals surface area contributed by atoms with E-state index in [-0.39, 0.29) is 12.1 Å². The van der Waals surface area contributed by atoms with Crippen LogP contribution >= 0.6 is 12.2 Å². The molecular formula is C15H22N2O3S. The molecule has 0 heterocycles. The highest BCUT2D eigenvalue weighted by Gasteiger charge is 2.08. The van der Waals surface area contributed by atoms with E-state index in [4.69, 9.17) is 21.7 Å². The third kappa shape index (κ3) is 7.06. The summed E-state index contributed by atoms with van der Waals surface area (Å²) in [5.41, 5.74) is 1.34. The summed E-state index contributed by atoms with van der Waals surface area (Å²) < 4.78 is 10.1. The lowest BCUT2D eigenvalue weighted by molar-refractivity contribution is 0.0378. The van der Waals surface area contributed by atoms with Crippen molar-refractivity contribution in [2.75, 3.05) is 25.6 Å². The largest absolute Gasteiger partial charge is 0.459 e. The second-order valence-corrected chi connectivity index (χ2v) is 5.17. The first-order valence-electron chi connectivity index (χ1n) is 6.87. The number of thiocarbonyl (C=S) groups is 1. The summed E-state index contributed by atoms with van der Waals surface area (Å²) in [6.45, 7) is 5.09. The van der Waals surface area contributed by atoms with E-state index in [9.17, 15) is 4.79 Å². The van der Waals surface area contributed by atoms with Crippen LogP contribution in [0.4, 0.5) is 5.69 Å². The van der Waals surface area contributed by atoms with Gasteiger partial charge in [-0.3, -0.25) is 0 Å². The maximum atomic E-state index is 11.7. The van der Waals surface area contributed by atoms with Gasteiger partial charge in [0, 0.05) is 25.9 Å². The Kier molecular flexibility index (Phi) is 7.71. The first-order chi connectivity index (χ1) is 10.0. The topological polar surface area (TPSA) is 59.6 Å². The molecule has 0 bridgehead atoms. The molecule has 0 radical (unpaired) electrons. The van der Waals surface area contributed by atoms with Crippen molar-refractivity contribution in [3.05, 3.63) is 29.8 Å². The van der Waals surface area contributed by atoms with Crippen LogP contribution in [0.3, 0.4) is 0 Å². The molecule has 1 aromatic carbocycles. The Morgan fingerprint density at radius 3 is 2.52 bits per heavy atom. The Labute approximate surface area is 131 Å². The third-order valence-corrected chi connectivity index (χ3v) is 2.78. The van der Waals surface area contributed by atoms with Gasteiger partial charge in [-0.2, -0.15) is 0 Å². The van der Waals surface area contributed by atoms with Crippen LogP contribution in [0.1, 0.15) is 30.6 Å². The molecule has 0 aliphatic rings. The van der Waals surface area contributed by atoms with Crippen LogP contribution < -0.4 is 10.6 Å². The van der Waals surface area contributed by atoms with Crippen LogP contribution in [0.5, 0.6) is 0 Å². The highest BCUT2D eigenvalue weighted by Crippen LogP contribution is 2.11. The van der Waals surface area contributed by atoms with Crippen LogP contribution in [-0.2, 0) is 9.47 Å². The summed E-state index contributed by atoms with van der Waals surface area (Å²) in [6, 6.07) is 7.00. The molecule has 0 unspecified atom stereocenters. The minimum absolute atomic E-state index is 0.126. The van der Waals surface area contributed by atoms with Crippen LogP contribution in [0.2, 0.25) is 0 Å². The lowest BCUT2D eigenvalue weighted by atomic mass is 10.2. The zero-order chi connectivity index (χ0) is 15.7. The van der Waals surface area contributed by atoms with E-state index >= 15 is 0 Å². The number of hydrogen-bond donors (Lipinski definition) is 2. The summed E-state index contributed by atoms with van der Waals surface area (Å²) >= 11 is 5.17. The van der Waals surface area contributed by atoms with Gasteiger partial charge in [0.25, 0.3) is 0 Å². The molecular weight excluding hydrogens is 288 g/mol. The molecule has 1 aromatic rings. The van der Waals surface area contributed by atoms with E-state index in [1.807, 2.05) is 13.8 Å². The molecule has 0 amide bonds. The SMILES string of the molecule is COCCCNC(=S)Nc1ccc(C(=O)OC(C)C)cc1. The van der Waals surface area contributed by atoms with E-state index in [0.717, 1.165) is 18.7 Å². The first kappa shape index (κ1) is 17.4. The highest BCUT2D eigenvalue weighted by molar-refractivity contribution is 7.80. The molecule has 21 heavy (non-hydrogen) atoms. The fraction of sp³-hybridized carbons (Fsp3) is 0.467. The van der Waals surface area contributed by atoms with Crippen molar-refractivity contribution >= 4 is 29.0 Å². The fourth-order valence-corrected chi connectivity index (χ4v) is 1.79. The Hall–Kier alpha value is -1.66. The number of ether oxygens (including phenoxy) is 2. The predicted octanol–water partition coefficient (Wildman–Crippen LogP) is 2.57. The molecule has 0 aliphatic carbocycles. The van der Waals surface area contributed by atoms with E-state index in [1.165, 1.54) is 0 Å². The van der Waals surface area contributed by atoms with Gasteiger partial charge in [-0.15, -0.1) is 0 Å². The maximum Gasteiger partial charge on any atom is 0.338 e. The number of rotatable bonds is 7. The van der Waals surface area contributed by atoms with Gasteiger partial charge < -0.3 is 20.1 Å². The molecule has 0 aliphatic heterocycles. The molecule has 0 spiro atoms. The Balaban J connectivity index is 2.43. The van der Waals surface area contributed by atoms with Crippen LogP contribution in [0.25, 0.3) is 0 Å². The quantitative estimate of drug-likeness (QED) is 0.458. The number of benzene rings is 1. The predicted molar refractivity (Wildman–Crippen MR) is 87.7 cm³/mol. The minimum atomic E-state index is -0.322. The summed E-state index contributed by atoms with van der Waals surface area (Å²) in [5.74, 6) is -0.322. The number of carbonyl (C=O) groups is 1. The maximum absolute atomic E-state index is 11.7. The van der Waals surface area contributed by atoms with Crippen LogP contribution in [0.15, 0.2) is 24.3 Å². The van der Waals surface area contributed by atoms with E-state index in [2.05, 4.69) is 10.6 Å². The summed E-state index contributed by atoms with van der Waals surface area (Å²) in [6.07, 6.45) is 0.761. The third-order valence-electron chi connectivity index (χ3n) is 2.53. The number of anilines is 1. The number of carbonyl (C=O) groups excluding carboxylic acids is 1. The molecule has 0 fully saturated rings. The molecule has 116 valence electrons. The van der Waals surface area contributed by atoms with Gasteiger partial charge in [0.05, 0.1) is 11.7 Å². The summed E-state index contributed by atoms with van der Waals surface area (Å²) in [5, 5.41) is 6.68. The van der Waals surface area contributed by atoms with Gasteiger partial charge in [0.2, 0.25) is 0 Å². The molecule has 0 aromatic heterocycles.